The second-order valence-electron chi connectivity index (χ2n) is 4.65. The highest BCUT2D eigenvalue weighted by molar-refractivity contribution is 9.10. The third-order valence-electron chi connectivity index (χ3n) is 3.16. The Morgan fingerprint density at radius 2 is 2.00 bits per heavy atom. The first-order valence-electron chi connectivity index (χ1n) is 6.25. The Balaban J connectivity index is 2.35. The van der Waals surface area contributed by atoms with E-state index in [2.05, 4.69) is 20.9 Å². The van der Waals surface area contributed by atoms with Crippen LogP contribution in [0.2, 0.25) is 5.02 Å². The maximum Gasteiger partial charge on any atom is 0.139 e. The number of hydrogen-bond donors (Lipinski definition) is 0. The van der Waals surface area contributed by atoms with E-state index in [9.17, 15) is 4.39 Å². The van der Waals surface area contributed by atoms with E-state index in [1.54, 1.807) is 24.3 Å². The maximum atomic E-state index is 13.8. The van der Waals surface area contributed by atoms with Gasteiger partial charge >= 0.3 is 0 Å². The summed E-state index contributed by atoms with van der Waals surface area (Å²) in [5.41, 5.74) is 2.22. The van der Waals surface area contributed by atoms with Crippen LogP contribution in [0.4, 0.5) is 4.39 Å². The third-order valence-corrected chi connectivity index (χ3v) is 4.23. The van der Waals surface area contributed by atoms with Crippen LogP contribution in [0.1, 0.15) is 18.1 Å². The van der Waals surface area contributed by atoms with Gasteiger partial charge in [-0.05, 0) is 59.3 Å². The van der Waals surface area contributed by atoms with E-state index in [4.69, 9.17) is 23.2 Å². The number of benzene rings is 2. The van der Waals surface area contributed by atoms with Gasteiger partial charge in [-0.3, -0.25) is 4.57 Å². The van der Waals surface area contributed by atoms with Gasteiger partial charge in [0.2, 0.25) is 0 Å². The molecule has 0 bridgehead atoms. The molecule has 1 atom stereocenters. The Morgan fingerprint density at radius 1 is 1.24 bits per heavy atom. The van der Waals surface area contributed by atoms with Crippen LogP contribution in [-0.4, -0.2) is 9.55 Å². The fourth-order valence-electron chi connectivity index (χ4n) is 2.23. The van der Waals surface area contributed by atoms with Crippen molar-refractivity contribution in [1.29, 1.82) is 0 Å². The van der Waals surface area contributed by atoms with E-state index in [1.807, 2.05) is 17.6 Å². The zero-order chi connectivity index (χ0) is 15.1. The Hall–Kier alpha value is -1.10. The fraction of sp³-hybridized carbons (Fsp3) is 0.133. The molecule has 1 heterocycles. The predicted octanol–water partition coefficient (Wildman–Crippen LogP) is 5.88. The number of nitrogens with zero attached hydrogens (tertiary/aromatic N) is 2. The predicted molar refractivity (Wildman–Crippen MR) is 88.0 cm³/mol. The first kappa shape index (κ1) is 14.8. The molecule has 2 nitrogen and oxygen atoms in total. The molecule has 0 fully saturated rings. The van der Waals surface area contributed by atoms with Gasteiger partial charge in [0.1, 0.15) is 11.6 Å². The minimum Gasteiger partial charge on any atom is -0.295 e. The minimum absolute atomic E-state index is 0.317. The third kappa shape index (κ3) is 2.68. The number of halogens is 4. The molecule has 0 amide bonds. The highest BCUT2D eigenvalue weighted by atomic mass is 79.9. The molecule has 21 heavy (non-hydrogen) atoms. The summed E-state index contributed by atoms with van der Waals surface area (Å²) in [5, 5.41) is 0.276. The van der Waals surface area contributed by atoms with Crippen LogP contribution in [0.15, 0.2) is 40.9 Å². The van der Waals surface area contributed by atoms with Gasteiger partial charge in [-0.25, -0.2) is 9.37 Å². The second-order valence-corrected chi connectivity index (χ2v) is 6.60. The van der Waals surface area contributed by atoms with Gasteiger partial charge in [-0.15, -0.1) is 11.6 Å². The molecule has 3 aromatic rings. The number of aromatic nitrogens is 2. The summed E-state index contributed by atoms with van der Waals surface area (Å²) in [6.07, 6.45) is 0. The lowest BCUT2D eigenvalue weighted by Gasteiger charge is -2.11. The molecule has 2 aromatic carbocycles. The summed E-state index contributed by atoms with van der Waals surface area (Å²) in [6, 6.07) is 10.3. The quantitative estimate of drug-likeness (QED) is 0.502. The summed E-state index contributed by atoms with van der Waals surface area (Å²) in [5.74, 6) is 0.306. The van der Waals surface area contributed by atoms with Crippen molar-refractivity contribution in [3.63, 3.8) is 0 Å². The van der Waals surface area contributed by atoms with E-state index in [1.165, 1.54) is 6.07 Å². The summed E-state index contributed by atoms with van der Waals surface area (Å²) in [4.78, 5) is 4.52. The molecule has 0 saturated carbocycles. The summed E-state index contributed by atoms with van der Waals surface area (Å²) in [6.45, 7) is 1.83. The highest BCUT2D eigenvalue weighted by Crippen LogP contribution is 2.30. The van der Waals surface area contributed by atoms with E-state index in [0.717, 1.165) is 11.0 Å². The van der Waals surface area contributed by atoms with Crippen molar-refractivity contribution < 1.29 is 4.39 Å². The number of hydrogen-bond acceptors (Lipinski definition) is 1. The lowest BCUT2D eigenvalue weighted by molar-refractivity contribution is 0.619. The first-order chi connectivity index (χ1) is 9.97. The summed E-state index contributed by atoms with van der Waals surface area (Å²) >= 11 is 15.4. The van der Waals surface area contributed by atoms with E-state index >= 15 is 0 Å². The Bertz CT molecular complexity index is 830. The average molecular weight is 388 g/mol. The molecule has 1 unspecified atom stereocenters. The minimum atomic E-state index is -0.343. The largest absolute Gasteiger partial charge is 0.295 e. The van der Waals surface area contributed by atoms with Crippen molar-refractivity contribution in [2.75, 3.05) is 0 Å². The van der Waals surface area contributed by atoms with Crippen molar-refractivity contribution in [2.24, 2.45) is 0 Å². The zero-order valence-electron chi connectivity index (χ0n) is 10.9. The molecule has 0 N–H and O–H groups in total. The lowest BCUT2D eigenvalue weighted by atomic mass is 10.2. The van der Waals surface area contributed by atoms with E-state index in [-0.39, 0.29) is 11.2 Å². The number of imidazole rings is 1. The van der Waals surface area contributed by atoms with Gasteiger partial charge in [-0.1, -0.05) is 11.6 Å². The molecule has 0 spiro atoms. The van der Waals surface area contributed by atoms with Crippen LogP contribution in [0.5, 0.6) is 0 Å². The number of alkyl halides is 1. The van der Waals surface area contributed by atoms with Gasteiger partial charge in [0, 0.05) is 5.02 Å². The molecule has 3 rings (SSSR count). The Morgan fingerprint density at radius 3 is 2.67 bits per heavy atom. The van der Waals surface area contributed by atoms with Crippen molar-refractivity contribution >= 4 is 50.2 Å². The lowest BCUT2D eigenvalue weighted by Crippen LogP contribution is -2.02. The molecular formula is C15H10BrCl2FN2. The van der Waals surface area contributed by atoms with Crippen LogP contribution in [0.3, 0.4) is 0 Å². The van der Waals surface area contributed by atoms with E-state index in [0.29, 0.717) is 21.0 Å². The molecule has 0 aliphatic heterocycles. The van der Waals surface area contributed by atoms with Crippen LogP contribution in [0.25, 0.3) is 16.7 Å². The zero-order valence-corrected chi connectivity index (χ0v) is 14.0. The molecular weight excluding hydrogens is 378 g/mol. The van der Waals surface area contributed by atoms with Crippen LogP contribution < -0.4 is 0 Å². The Labute approximate surface area is 139 Å². The van der Waals surface area contributed by atoms with Gasteiger partial charge in [-0.2, -0.15) is 0 Å². The summed E-state index contributed by atoms with van der Waals surface area (Å²) in [7, 11) is 0. The monoisotopic (exact) mass is 386 g/mol. The molecule has 108 valence electrons. The van der Waals surface area contributed by atoms with Gasteiger partial charge in [0.25, 0.3) is 0 Å². The smallest absolute Gasteiger partial charge is 0.139 e. The van der Waals surface area contributed by atoms with Crippen LogP contribution >= 0.6 is 39.1 Å². The average Bonchev–Trinajstić information content (AvgIpc) is 2.80. The highest BCUT2D eigenvalue weighted by Gasteiger charge is 2.17. The van der Waals surface area contributed by atoms with Crippen molar-refractivity contribution in [3.05, 3.63) is 57.5 Å². The molecule has 6 heteroatoms. The molecule has 0 radical (unpaired) electrons. The molecule has 0 saturated heterocycles. The standard InChI is InChI=1S/C15H10BrCl2FN2/c1-8(17)15-20-13-5-2-9(18)6-14(13)21(15)10-3-4-11(16)12(19)7-10/h2-8H,1H3. The molecule has 0 aliphatic carbocycles. The maximum absolute atomic E-state index is 13.8. The number of rotatable bonds is 2. The Kier molecular flexibility index (Phi) is 3.95. The topological polar surface area (TPSA) is 17.8 Å². The van der Waals surface area contributed by atoms with Crippen LogP contribution in [-0.2, 0) is 0 Å². The second kappa shape index (κ2) is 5.59. The van der Waals surface area contributed by atoms with Crippen molar-refractivity contribution in [2.45, 2.75) is 12.3 Å². The SMILES string of the molecule is CC(Cl)c1nc2ccc(Cl)cc2n1-c1ccc(Br)c(F)c1. The molecule has 1 aromatic heterocycles. The molecule has 0 aliphatic rings. The van der Waals surface area contributed by atoms with Crippen LogP contribution in [0, 0.1) is 5.82 Å². The van der Waals surface area contributed by atoms with Crippen molar-refractivity contribution in [1.82, 2.24) is 9.55 Å². The summed E-state index contributed by atoms with van der Waals surface area (Å²) < 4.78 is 16.1. The first-order valence-corrected chi connectivity index (χ1v) is 7.85. The normalized spacial score (nSPS) is 12.8. The van der Waals surface area contributed by atoms with E-state index < -0.39 is 0 Å². The van der Waals surface area contributed by atoms with Gasteiger partial charge in [0.05, 0.1) is 26.6 Å². The van der Waals surface area contributed by atoms with Gasteiger partial charge < -0.3 is 0 Å². The van der Waals surface area contributed by atoms with Crippen molar-refractivity contribution in [3.8, 4) is 5.69 Å². The fourth-order valence-corrected chi connectivity index (χ4v) is 2.79. The number of fused-ring (bicyclic) bond motifs is 1. The van der Waals surface area contributed by atoms with Gasteiger partial charge in [0.15, 0.2) is 0 Å².